The van der Waals surface area contributed by atoms with Crippen LogP contribution in [0, 0.1) is 0 Å². The van der Waals surface area contributed by atoms with E-state index in [1.54, 1.807) is 0 Å². The molecule has 83 heavy (non-hydrogen) atoms. The Labute approximate surface area is 510 Å². The minimum atomic E-state index is -1.68. The molecule has 9 unspecified atom stereocenters. The predicted molar refractivity (Wildman–Crippen MR) is 348 cm³/mol. The Morgan fingerprint density at radius 1 is 0.422 bits per heavy atom. The van der Waals surface area contributed by atoms with Gasteiger partial charge in [-0.15, -0.1) is 0 Å². The molecule has 1 aliphatic heterocycles. The molecule has 486 valence electrons. The highest BCUT2D eigenvalue weighted by atomic mass is 16.7. The second-order valence-electron chi connectivity index (χ2n) is 24.6. The van der Waals surface area contributed by atoms with Crippen molar-refractivity contribution >= 4 is 5.91 Å². The number of aliphatic hydroxyl groups is 7. The molecular formula is C72H133NO10. The maximum Gasteiger partial charge on any atom is 0.249 e. The van der Waals surface area contributed by atoms with E-state index in [1.165, 1.54) is 225 Å². The molecule has 0 aromatic heterocycles. The van der Waals surface area contributed by atoms with Gasteiger partial charge in [-0.25, -0.2) is 0 Å². The monoisotopic (exact) mass is 1170 g/mol. The van der Waals surface area contributed by atoms with Gasteiger partial charge in [0.05, 0.1) is 25.4 Å². The summed E-state index contributed by atoms with van der Waals surface area (Å²) in [7, 11) is 0. The van der Waals surface area contributed by atoms with E-state index < -0.39 is 74.2 Å². The highest BCUT2D eigenvalue weighted by molar-refractivity contribution is 5.80. The fourth-order valence-corrected chi connectivity index (χ4v) is 11.1. The zero-order chi connectivity index (χ0) is 60.3. The van der Waals surface area contributed by atoms with E-state index in [4.69, 9.17) is 9.47 Å². The van der Waals surface area contributed by atoms with Crippen molar-refractivity contribution in [3.63, 3.8) is 0 Å². The van der Waals surface area contributed by atoms with Crippen LogP contribution in [0.3, 0.4) is 0 Å². The van der Waals surface area contributed by atoms with Gasteiger partial charge in [-0.2, -0.15) is 0 Å². The molecule has 1 fully saturated rings. The highest BCUT2D eigenvalue weighted by Gasteiger charge is 2.44. The molecule has 11 nitrogen and oxygen atoms in total. The molecule has 0 saturated carbocycles. The summed E-state index contributed by atoms with van der Waals surface area (Å²) in [5.74, 6) is -0.710. The first-order chi connectivity index (χ1) is 40.7. The average molecular weight is 1170 g/mol. The molecule has 1 saturated heterocycles. The molecule has 0 spiro atoms. The highest BCUT2D eigenvalue weighted by Crippen LogP contribution is 2.24. The predicted octanol–water partition coefficient (Wildman–Crippen LogP) is 16.9. The molecule has 1 amide bonds. The van der Waals surface area contributed by atoms with E-state index in [0.717, 1.165) is 51.4 Å². The van der Waals surface area contributed by atoms with Crippen LogP contribution >= 0.6 is 0 Å². The number of unbranched alkanes of at least 4 members (excludes halogenated alkanes) is 39. The molecule has 0 radical (unpaired) electrons. The lowest BCUT2D eigenvalue weighted by Gasteiger charge is -2.40. The summed E-state index contributed by atoms with van der Waals surface area (Å²) in [5.41, 5.74) is 0. The Morgan fingerprint density at radius 3 is 1.14 bits per heavy atom. The molecule has 8 N–H and O–H groups in total. The summed E-state index contributed by atoms with van der Waals surface area (Å²) >= 11 is 0. The average Bonchev–Trinajstić information content (AvgIpc) is 3.68. The van der Waals surface area contributed by atoms with Gasteiger partial charge in [0.1, 0.15) is 36.6 Å². The van der Waals surface area contributed by atoms with Gasteiger partial charge in [0.15, 0.2) is 6.29 Å². The molecule has 0 aromatic rings. The lowest BCUT2D eigenvalue weighted by Crippen LogP contribution is -2.60. The SMILES string of the molecule is CCCCCCCCC/C=C/CC/C=C/CC/C=C/CCCC(O)C(O)C(COC1OC(CO)C(O)C(O)C1O)NC(=O)C(O)CCCCCCCCCCCCCCCCCC/C=C\C/C=C\CCCCCCCCCCCCCCC. The molecular weight excluding hydrogens is 1040 g/mol. The van der Waals surface area contributed by atoms with Crippen molar-refractivity contribution < 1.29 is 50.0 Å². The van der Waals surface area contributed by atoms with E-state index in [2.05, 4.69) is 79.9 Å². The standard InChI is InChI=1S/C72H133NO10/c1-3-5-7-9-11-13-15-17-19-21-23-25-26-27-28-29-30-31-32-33-34-35-36-37-38-39-40-42-44-46-48-50-52-54-56-58-60-65(76)71(81)73-63(62-82-72-70(80)69(79)68(78)66(61-74)83-72)67(77)64(75)59-57-55-53-51-49-47-45-43-41-24-22-20-18-16-14-12-10-8-6-4-2/h20,22,28-29,31-32,43,45,51,53,63-70,72,74-80H,3-19,21,23-27,30,33-42,44,46-50,52,54-62H2,1-2H3,(H,73,81)/b22-20+,29-28-,32-31-,45-43+,53-51+. The van der Waals surface area contributed by atoms with E-state index in [-0.39, 0.29) is 12.8 Å². The summed E-state index contributed by atoms with van der Waals surface area (Å²) in [6, 6.07) is -1.20. The first kappa shape index (κ1) is 78.8. The van der Waals surface area contributed by atoms with Crippen LogP contribution in [0.2, 0.25) is 0 Å². The number of rotatable bonds is 61. The van der Waals surface area contributed by atoms with Gasteiger partial charge in [-0.05, 0) is 96.3 Å². The van der Waals surface area contributed by atoms with Crippen molar-refractivity contribution in [2.75, 3.05) is 13.2 Å². The summed E-state index contributed by atoms with van der Waals surface area (Å²) in [6.07, 6.45) is 68.8. The molecule has 0 aliphatic carbocycles. The van der Waals surface area contributed by atoms with Gasteiger partial charge in [-0.3, -0.25) is 4.79 Å². The van der Waals surface area contributed by atoms with Crippen molar-refractivity contribution in [1.82, 2.24) is 5.32 Å². The summed E-state index contributed by atoms with van der Waals surface area (Å²) in [4.78, 5) is 13.2. The smallest absolute Gasteiger partial charge is 0.249 e. The van der Waals surface area contributed by atoms with Crippen molar-refractivity contribution in [2.45, 2.75) is 377 Å². The normalized spacial score (nSPS) is 19.4. The molecule has 0 aromatic carbocycles. The van der Waals surface area contributed by atoms with Crippen LogP contribution in [0.4, 0.5) is 0 Å². The minimum Gasteiger partial charge on any atom is -0.394 e. The number of nitrogens with one attached hydrogen (secondary N) is 1. The van der Waals surface area contributed by atoms with E-state index in [0.29, 0.717) is 19.3 Å². The number of hydrogen-bond acceptors (Lipinski definition) is 10. The van der Waals surface area contributed by atoms with Gasteiger partial charge >= 0.3 is 0 Å². The fourth-order valence-electron chi connectivity index (χ4n) is 11.1. The third-order valence-electron chi connectivity index (χ3n) is 16.7. The molecule has 1 heterocycles. The minimum absolute atomic E-state index is 0.240. The molecule has 1 aliphatic rings. The number of hydrogen-bond donors (Lipinski definition) is 8. The van der Waals surface area contributed by atoms with Crippen LogP contribution in [0.25, 0.3) is 0 Å². The van der Waals surface area contributed by atoms with Crippen LogP contribution < -0.4 is 5.32 Å². The van der Waals surface area contributed by atoms with Gasteiger partial charge in [0.2, 0.25) is 5.91 Å². The number of allylic oxidation sites excluding steroid dienone is 10. The molecule has 1 rings (SSSR count). The van der Waals surface area contributed by atoms with Crippen LogP contribution in [0.15, 0.2) is 60.8 Å². The zero-order valence-corrected chi connectivity index (χ0v) is 53.7. The van der Waals surface area contributed by atoms with Crippen molar-refractivity contribution in [3.05, 3.63) is 60.8 Å². The quantitative estimate of drug-likeness (QED) is 0.0215. The number of carbonyl (C=O) groups is 1. The van der Waals surface area contributed by atoms with Crippen LogP contribution in [-0.2, 0) is 14.3 Å². The Balaban J connectivity index is 2.19. The number of ether oxygens (including phenoxy) is 2. The first-order valence-electron chi connectivity index (χ1n) is 35.2. The number of aliphatic hydroxyl groups excluding tert-OH is 7. The maximum atomic E-state index is 13.2. The topological polar surface area (TPSA) is 189 Å². The van der Waals surface area contributed by atoms with E-state index >= 15 is 0 Å². The van der Waals surface area contributed by atoms with Gasteiger partial charge < -0.3 is 50.5 Å². The van der Waals surface area contributed by atoms with Crippen molar-refractivity contribution in [3.8, 4) is 0 Å². The molecule has 0 bridgehead atoms. The summed E-state index contributed by atoms with van der Waals surface area (Å²) in [5, 5.41) is 76.4. The lowest BCUT2D eigenvalue weighted by atomic mass is 9.98. The van der Waals surface area contributed by atoms with Crippen LogP contribution in [0.5, 0.6) is 0 Å². The summed E-state index contributed by atoms with van der Waals surface area (Å²) in [6.45, 7) is 3.46. The van der Waals surface area contributed by atoms with Crippen molar-refractivity contribution in [2.24, 2.45) is 0 Å². The third kappa shape index (κ3) is 47.5. The van der Waals surface area contributed by atoms with Crippen molar-refractivity contribution in [1.29, 1.82) is 0 Å². The first-order valence-corrected chi connectivity index (χ1v) is 35.2. The zero-order valence-electron chi connectivity index (χ0n) is 53.7. The third-order valence-corrected chi connectivity index (χ3v) is 16.7. The van der Waals surface area contributed by atoms with E-state index in [9.17, 15) is 40.5 Å². The maximum absolute atomic E-state index is 13.2. The Kier molecular flexibility index (Phi) is 57.1. The fraction of sp³-hybridized carbons (Fsp3) is 0.847. The Morgan fingerprint density at radius 2 is 0.759 bits per heavy atom. The molecule has 9 atom stereocenters. The van der Waals surface area contributed by atoms with Crippen LogP contribution in [-0.4, -0.2) is 110 Å². The van der Waals surface area contributed by atoms with Crippen LogP contribution in [0.1, 0.15) is 322 Å². The van der Waals surface area contributed by atoms with Gasteiger partial charge in [0.25, 0.3) is 0 Å². The van der Waals surface area contributed by atoms with Gasteiger partial charge in [0, 0.05) is 0 Å². The second kappa shape index (κ2) is 60.1. The number of carbonyl (C=O) groups excluding carboxylic acids is 1. The summed E-state index contributed by atoms with van der Waals surface area (Å²) < 4.78 is 11.2. The number of amides is 1. The Hall–Kier alpha value is -2.19. The second-order valence-corrected chi connectivity index (χ2v) is 24.6. The largest absolute Gasteiger partial charge is 0.394 e. The molecule has 11 heteroatoms. The van der Waals surface area contributed by atoms with E-state index in [1.807, 2.05) is 0 Å². The lowest BCUT2D eigenvalue weighted by molar-refractivity contribution is -0.303. The Bertz CT molecular complexity index is 1530. The van der Waals surface area contributed by atoms with Gasteiger partial charge in [-0.1, -0.05) is 286 Å².